The third-order valence-corrected chi connectivity index (χ3v) is 6.68. The second kappa shape index (κ2) is 10.9. The summed E-state index contributed by atoms with van der Waals surface area (Å²) in [7, 11) is 0. The van der Waals surface area contributed by atoms with E-state index in [2.05, 4.69) is 0 Å². The number of nitro groups is 1. The normalized spacial score (nSPS) is 12.3. The van der Waals surface area contributed by atoms with Crippen LogP contribution in [0.25, 0.3) is 0 Å². The van der Waals surface area contributed by atoms with Crippen molar-refractivity contribution < 1.29 is 36.9 Å². The molecule has 1 atom stereocenters. The number of carbonyl (C=O) groups excluding carboxylic acids is 1. The van der Waals surface area contributed by atoms with E-state index < -0.39 is 41.8 Å². The largest absolute Gasteiger partial charge is 0.455 e. The average Bonchev–Trinajstić information content (AvgIpc) is 2.72. The zero-order valence-electron chi connectivity index (χ0n) is 18.6. The Hall–Kier alpha value is -2.33. The van der Waals surface area contributed by atoms with Crippen molar-refractivity contribution in [2.75, 3.05) is 6.79 Å². The van der Waals surface area contributed by atoms with Crippen LogP contribution in [0.4, 0.5) is 18.9 Å². The number of nitrogens with zero attached hydrogens (tertiary/aromatic N) is 1. The molecule has 184 valence electrons. The van der Waals surface area contributed by atoms with Crippen LogP contribution >= 0.6 is 18.5 Å². The van der Waals surface area contributed by atoms with Crippen LogP contribution in [0.1, 0.15) is 38.8 Å². The molecule has 0 N–H and O–H groups in total. The summed E-state index contributed by atoms with van der Waals surface area (Å²) in [5.41, 5.74) is -1.63. The maximum atomic E-state index is 12.9. The molecular weight excluding hydrogens is 518 g/mol. The van der Waals surface area contributed by atoms with Gasteiger partial charge < -0.3 is 9.47 Å². The van der Waals surface area contributed by atoms with Crippen molar-refractivity contribution in [1.82, 2.24) is 0 Å². The summed E-state index contributed by atoms with van der Waals surface area (Å²) in [5.74, 6) is -0.488. The highest BCUT2D eigenvalue weighted by molar-refractivity contribution is 8.06. The number of ether oxygens (including phenoxy) is 2. The van der Waals surface area contributed by atoms with E-state index in [4.69, 9.17) is 37.4 Å². The number of rotatable bonds is 8. The highest BCUT2D eigenvalue weighted by atomic mass is 35.5. The number of carbonyl (C=O) groups is 1. The van der Waals surface area contributed by atoms with Crippen LogP contribution in [-0.4, -0.2) is 17.7 Å². The third kappa shape index (κ3) is 7.09. The molecule has 13 heteroatoms. The fraction of sp³-hybridized carbons (Fsp3) is 0.381. The van der Waals surface area contributed by atoms with E-state index >= 15 is 0 Å². The van der Waals surface area contributed by atoms with Gasteiger partial charge in [0.1, 0.15) is 11.5 Å². The molecule has 2 aromatic carbocycles. The van der Waals surface area contributed by atoms with Crippen molar-refractivity contribution >= 4 is 47.3 Å². The van der Waals surface area contributed by atoms with Gasteiger partial charge in [0.2, 0.25) is 18.6 Å². The van der Waals surface area contributed by atoms with Crippen LogP contribution in [0.15, 0.2) is 30.3 Å². The molecule has 1 unspecified atom stereocenters. The molecule has 0 heterocycles. The van der Waals surface area contributed by atoms with Crippen LogP contribution in [0.2, 0.25) is 5.02 Å². The van der Waals surface area contributed by atoms with Crippen LogP contribution in [-0.2, 0) is 38.5 Å². The monoisotopic (exact) mass is 538 g/mol. The van der Waals surface area contributed by atoms with E-state index in [1.807, 2.05) is 0 Å². The quantitative estimate of drug-likeness (QED) is 0.122. The fourth-order valence-corrected chi connectivity index (χ4v) is 4.19. The topological polar surface area (TPSA) is 87.9 Å². The molecule has 0 bridgehead atoms. The molecule has 0 spiro atoms. The smallest absolute Gasteiger partial charge is 0.416 e. The van der Waals surface area contributed by atoms with E-state index in [0.717, 1.165) is 18.2 Å². The minimum Gasteiger partial charge on any atom is -0.455 e. The molecular formula is C21H21ClF3NO6PS+. The predicted molar refractivity (Wildman–Crippen MR) is 124 cm³/mol. The molecule has 2 rings (SSSR count). The first-order valence-corrected chi connectivity index (χ1v) is 12.4. The van der Waals surface area contributed by atoms with E-state index in [1.54, 1.807) is 27.7 Å². The van der Waals surface area contributed by atoms with Crippen molar-refractivity contribution in [2.45, 2.75) is 40.3 Å². The van der Waals surface area contributed by atoms with Crippen molar-refractivity contribution in [3.05, 3.63) is 56.6 Å². The Bertz CT molecular complexity index is 1120. The van der Waals surface area contributed by atoms with Gasteiger partial charge in [-0.3, -0.25) is 14.9 Å². The van der Waals surface area contributed by atoms with Gasteiger partial charge in [0, 0.05) is 17.7 Å². The zero-order chi connectivity index (χ0) is 25.8. The maximum Gasteiger partial charge on any atom is 0.416 e. The Morgan fingerprint density at radius 3 is 2.32 bits per heavy atom. The molecule has 0 amide bonds. The molecule has 0 radical (unpaired) electrons. The van der Waals surface area contributed by atoms with E-state index in [0.29, 0.717) is 12.0 Å². The summed E-state index contributed by atoms with van der Waals surface area (Å²) in [6, 6.07) is 5.15. The van der Waals surface area contributed by atoms with E-state index in [-0.39, 0.29) is 27.5 Å². The minimum absolute atomic E-state index is 0.0111. The van der Waals surface area contributed by atoms with Gasteiger partial charge in [-0.25, -0.2) is 0 Å². The molecule has 2 aromatic rings. The second-order valence-corrected chi connectivity index (χ2v) is 10.6. The number of hydrogen-bond donors (Lipinski definition) is 0. The molecule has 0 saturated heterocycles. The summed E-state index contributed by atoms with van der Waals surface area (Å²) in [6.07, 6.45) is -4.27. The molecule has 0 aromatic heterocycles. The lowest BCUT2D eigenvalue weighted by atomic mass is 9.98. The Labute approximate surface area is 204 Å². The van der Waals surface area contributed by atoms with Crippen molar-refractivity contribution in [3.8, 4) is 11.5 Å². The molecule has 0 saturated carbocycles. The van der Waals surface area contributed by atoms with Gasteiger partial charge in [0.15, 0.2) is 0 Å². The molecule has 0 fully saturated rings. The first-order chi connectivity index (χ1) is 15.6. The second-order valence-electron chi connectivity index (χ2n) is 7.99. The standard InChI is InChI=1S/C21H21ClF3NO6PS/c1-5-12-8-15(26(28)29)18(33(34)31-11-30-19(27)20(2,3)4)10-17(12)32-16-7-6-13(9-14(16)22)21(23,24)25/h6-10H,5,11H2,1-4H3/q+1. The highest BCUT2D eigenvalue weighted by Crippen LogP contribution is 2.39. The Balaban J connectivity index is 2.37. The first kappa shape index (κ1) is 27.9. The van der Waals surface area contributed by atoms with Gasteiger partial charge in [-0.15, -0.1) is 4.52 Å². The number of alkyl halides is 3. The van der Waals surface area contributed by atoms with Gasteiger partial charge in [0.05, 0.1) is 20.9 Å². The van der Waals surface area contributed by atoms with Gasteiger partial charge in [-0.2, -0.15) is 13.2 Å². The number of halogens is 4. The van der Waals surface area contributed by atoms with Crippen molar-refractivity contribution in [3.63, 3.8) is 0 Å². The average molecular weight is 539 g/mol. The van der Waals surface area contributed by atoms with Gasteiger partial charge in [0.25, 0.3) is 5.30 Å². The zero-order valence-corrected chi connectivity index (χ0v) is 21.0. The molecule has 34 heavy (non-hydrogen) atoms. The SMILES string of the molecule is CCc1cc([N+](=O)[O-])c([P+](=S)OCOC(=O)C(C)(C)C)cc1Oc1ccc(C(F)(F)F)cc1Cl. The van der Waals surface area contributed by atoms with Crippen LogP contribution in [0.5, 0.6) is 11.5 Å². The number of hydrogen-bond acceptors (Lipinski definition) is 7. The fourth-order valence-electron chi connectivity index (χ4n) is 2.56. The first-order valence-electron chi connectivity index (χ1n) is 9.78. The lowest BCUT2D eigenvalue weighted by molar-refractivity contribution is -0.383. The van der Waals surface area contributed by atoms with Crippen molar-refractivity contribution in [1.29, 1.82) is 0 Å². The van der Waals surface area contributed by atoms with E-state index in [1.165, 1.54) is 12.1 Å². The Morgan fingerprint density at radius 2 is 1.82 bits per heavy atom. The maximum absolute atomic E-state index is 12.9. The van der Waals surface area contributed by atoms with Crippen LogP contribution in [0, 0.1) is 15.5 Å². The molecule has 7 nitrogen and oxygen atoms in total. The third-order valence-electron chi connectivity index (χ3n) is 4.38. The summed E-state index contributed by atoms with van der Waals surface area (Å²) >= 11 is 11.3. The van der Waals surface area contributed by atoms with Crippen LogP contribution < -0.4 is 10.0 Å². The molecule has 0 aliphatic heterocycles. The predicted octanol–water partition coefficient (Wildman–Crippen LogP) is 6.67. The number of benzene rings is 2. The Morgan fingerprint density at radius 1 is 1.18 bits per heavy atom. The summed E-state index contributed by atoms with van der Waals surface area (Å²) < 4.78 is 54.8. The van der Waals surface area contributed by atoms with E-state index in [9.17, 15) is 28.1 Å². The van der Waals surface area contributed by atoms with Gasteiger partial charge in [-0.1, -0.05) is 18.5 Å². The minimum atomic E-state index is -4.58. The number of esters is 1. The molecule has 0 aliphatic rings. The lowest BCUT2D eigenvalue weighted by Gasteiger charge is -2.15. The highest BCUT2D eigenvalue weighted by Gasteiger charge is 2.34. The summed E-state index contributed by atoms with van der Waals surface area (Å²) in [4.78, 5) is 22.9. The summed E-state index contributed by atoms with van der Waals surface area (Å²) in [6.45, 7) is 4.14. The van der Waals surface area contributed by atoms with Crippen molar-refractivity contribution in [2.24, 2.45) is 5.41 Å². The number of nitro benzene ring substituents is 1. The van der Waals surface area contributed by atoms with Gasteiger partial charge in [-0.05, 0) is 45.4 Å². The summed E-state index contributed by atoms with van der Waals surface area (Å²) in [5, 5.41) is 11.3. The van der Waals surface area contributed by atoms with Gasteiger partial charge >= 0.3 is 24.8 Å². The molecule has 0 aliphatic carbocycles. The Kier molecular flexibility index (Phi) is 8.98. The number of aryl methyl sites for hydroxylation is 1. The lowest BCUT2D eigenvalue weighted by Crippen LogP contribution is -2.23. The van der Waals surface area contributed by atoms with Crippen LogP contribution in [0.3, 0.4) is 0 Å².